The van der Waals surface area contributed by atoms with E-state index in [4.69, 9.17) is 10.5 Å². The van der Waals surface area contributed by atoms with Crippen molar-refractivity contribution in [2.24, 2.45) is 17.6 Å². The van der Waals surface area contributed by atoms with Crippen LogP contribution in [0.15, 0.2) is 30.3 Å². The van der Waals surface area contributed by atoms with E-state index in [1.54, 1.807) is 24.3 Å². The molecule has 0 fully saturated rings. The Morgan fingerprint density at radius 2 is 1.57 bits per heavy atom. The van der Waals surface area contributed by atoms with Gasteiger partial charge in [-0.25, -0.2) is 4.79 Å². The van der Waals surface area contributed by atoms with E-state index in [9.17, 15) is 24.0 Å². The summed E-state index contributed by atoms with van der Waals surface area (Å²) in [6.45, 7) is 0.843. The Bertz CT molecular complexity index is 752. The van der Waals surface area contributed by atoms with Crippen molar-refractivity contribution in [3.05, 3.63) is 35.9 Å². The van der Waals surface area contributed by atoms with Gasteiger partial charge in [0.15, 0.2) is 5.92 Å². The third kappa shape index (κ3) is 7.41. The van der Waals surface area contributed by atoms with Gasteiger partial charge in [0.2, 0.25) is 11.8 Å². The minimum atomic E-state index is -1.48. The molecular formula is C19H25N3O8. The van der Waals surface area contributed by atoms with E-state index < -0.39 is 54.3 Å². The summed E-state index contributed by atoms with van der Waals surface area (Å²) in [6, 6.07) is 7.50. The summed E-state index contributed by atoms with van der Waals surface area (Å²) in [7, 11) is 2.13. The Balaban J connectivity index is 2.65. The molecule has 0 aliphatic heterocycles. The Labute approximate surface area is 173 Å². The van der Waals surface area contributed by atoms with E-state index in [1.165, 1.54) is 6.92 Å². The number of methoxy groups -OCH3 is 2. The molecule has 0 aliphatic carbocycles. The summed E-state index contributed by atoms with van der Waals surface area (Å²) >= 11 is 0. The zero-order valence-electron chi connectivity index (χ0n) is 16.9. The van der Waals surface area contributed by atoms with Gasteiger partial charge in [-0.15, -0.1) is 0 Å². The highest BCUT2D eigenvalue weighted by Gasteiger charge is 2.41. The molecule has 0 radical (unpaired) electrons. The van der Waals surface area contributed by atoms with Crippen molar-refractivity contribution < 1.29 is 38.2 Å². The Morgan fingerprint density at radius 1 is 1.00 bits per heavy atom. The van der Waals surface area contributed by atoms with Gasteiger partial charge in [0.05, 0.1) is 14.2 Å². The van der Waals surface area contributed by atoms with Crippen molar-refractivity contribution >= 4 is 29.8 Å². The van der Waals surface area contributed by atoms with Crippen molar-refractivity contribution in [2.75, 3.05) is 20.8 Å². The fourth-order valence-electron chi connectivity index (χ4n) is 2.58. The summed E-state index contributed by atoms with van der Waals surface area (Å²) in [5.74, 6) is -6.22. The van der Waals surface area contributed by atoms with E-state index in [2.05, 4.69) is 20.1 Å². The maximum absolute atomic E-state index is 12.1. The van der Waals surface area contributed by atoms with Crippen LogP contribution in [0.5, 0.6) is 0 Å². The SMILES string of the molecule is COC(=O)C(C(=O)OC)[C@@H](C)[C@@H](NC(=O)CNC(=O)OCc1ccccc1)C(N)=O. The quantitative estimate of drug-likeness (QED) is 0.257. The van der Waals surface area contributed by atoms with Crippen molar-refractivity contribution in [3.63, 3.8) is 0 Å². The first-order valence-electron chi connectivity index (χ1n) is 8.90. The predicted molar refractivity (Wildman–Crippen MR) is 102 cm³/mol. The van der Waals surface area contributed by atoms with Crippen LogP contribution < -0.4 is 16.4 Å². The van der Waals surface area contributed by atoms with E-state index in [-0.39, 0.29) is 6.61 Å². The molecule has 0 unspecified atom stereocenters. The second-order valence-corrected chi connectivity index (χ2v) is 6.25. The second-order valence-electron chi connectivity index (χ2n) is 6.25. The molecule has 1 rings (SSSR count). The summed E-state index contributed by atoms with van der Waals surface area (Å²) in [5, 5.41) is 4.51. The molecular weight excluding hydrogens is 398 g/mol. The topological polar surface area (TPSA) is 163 Å². The first kappa shape index (κ1) is 24.4. The number of esters is 2. The highest BCUT2D eigenvalue weighted by atomic mass is 16.6. The number of nitrogens with two attached hydrogens (primary N) is 1. The van der Waals surface area contributed by atoms with E-state index in [1.807, 2.05) is 6.07 Å². The number of alkyl carbamates (subject to hydrolysis) is 1. The number of carbonyl (C=O) groups excluding carboxylic acids is 5. The van der Waals surface area contributed by atoms with Gasteiger partial charge in [-0.1, -0.05) is 37.3 Å². The van der Waals surface area contributed by atoms with Crippen LogP contribution in [0.4, 0.5) is 4.79 Å². The molecule has 0 saturated carbocycles. The lowest BCUT2D eigenvalue weighted by Crippen LogP contribution is -2.54. The summed E-state index contributed by atoms with van der Waals surface area (Å²) < 4.78 is 14.1. The normalized spacial score (nSPS) is 12.3. The summed E-state index contributed by atoms with van der Waals surface area (Å²) in [6.07, 6.45) is -0.848. The van der Waals surface area contributed by atoms with Crippen LogP contribution in [-0.4, -0.2) is 56.7 Å². The molecule has 11 heteroatoms. The van der Waals surface area contributed by atoms with Gasteiger partial charge >= 0.3 is 18.0 Å². The van der Waals surface area contributed by atoms with Crippen molar-refractivity contribution in [1.29, 1.82) is 0 Å². The maximum Gasteiger partial charge on any atom is 0.407 e. The van der Waals surface area contributed by atoms with Crippen molar-refractivity contribution in [3.8, 4) is 0 Å². The zero-order valence-corrected chi connectivity index (χ0v) is 16.9. The maximum atomic E-state index is 12.1. The predicted octanol–water partition coefficient (Wildman–Crippen LogP) is -0.519. The largest absolute Gasteiger partial charge is 0.468 e. The van der Waals surface area contributed by atoms with E-state index >= 15 is 0 Å². The number of carbonyl (C=O) groups is 5. The van der Waals surface area contributed by atoms with E-state index in [0.29, 0.717) is 0 Å². The molecule has 1 aromatic rings. The molecule has 11 nitrogen and oxygen atoms in total. The van der Waals surface area contributed by atoms with Gasteiger partial charge in [0.1, 0.15) is 19.2 Å². The Hall–Kier alpha value is -3.63. The molecule has 2 atom stereocenters. The monoisotopic (exact) mass is 423 g/mol. The fraction of sp³-hybridized carbons (Fsp3) is 0.421. The van der Waals surface area contributed by atoms with E-state index in [0.717, 1.165) is 19.8 Å². The third-order valence-electron chi connectivity index (χ3n) is 4.19. The number of benzene rings is 1. The van der Waals surface area contributed by atoms with Crippen molar-refractivity contribution in [1.82, 2.24) is 10.6 Å². The summed E-state index contributed by atoms with van der Waals surface area (Å²) in [5.41, 5.74) is 6.07. The van der Waals surface area contributed by atoms with Gasteiger partial charge < -0.3 is 30.6 Å². The van der Waals surface area contributed by atoms with Gasteiger partial charge in [-0.2, -0.15) is 0 Å². The molecule has 0 aliphatic rings. The zero-order chi connectivity index (χ0) is 22.7. The Morgan fingerprint density at radius 3 is 2.07 bits per heavy atom. The Kier molecular flexibility index (Phi) is 9.80. The van der Waals surface area contributed by atoms with Crippen molar-refractivity contribution in [2.45, 2.75) is 19.6 Å². The number of nitrogens with one attached hydrogen (secondary N) is 2. The highest BCUT2D eigenvalue weighted by Crippen LogP contribution is 2.19. The van der Waals surface area contributed by atoms with Crippen LogP contribution >= 0.6 is 0 Å². The number of amides is 3. The molecule has 164 valence electrons. The first-order valence-corrected chi connectivity index (χ1v) is 8.90. The third-order valence-corrected chi connectivity index (χ3v) is 4.19. The van der Waals surface area contributed by atoms with Gasteiger partial charge in [-0.3, -0.25) is 19.2 Å². The minimum absolute atomic E-state index is 0.00910. The average molecular weight is 423 g/mol. The molecule has 30 heavy (non-hydrogen) atoms. The molecule has 0 spiro atoms. The number of hydrogen-bond donors (Lipinski definition) is 3. The van der Waals surface area contributed by atoms with Gasteiger partial charge in [-0.05, 0) is 5.56 Å². The smallest absolute Gasteiger partial charge is 0.407 e. The molecule has 0 saturated heterocycles. The van der Waals surface area contributed by atoms with Gasteiger partial charge in [0.25, 0.3) is 0 Å². The molecule has 0 aromatic heterocycles. The van der Waals surface area contributed by atoms with Crippen LogP contribution in [0, 0.1) is 11.8 Å². The van der Waals surface area contributed by atoms with Crippen LogP contribution in [0.1, 0.15) is 12.5 Å². The average Bonchev–Trinajstić information content (AvgIpc) is 2.74. The van der Waals surface area contributed by atoms with Crippen LogP contribution in [0.3, 0.4) is 0 Å². The number of primary amides is 1. The molecule has 0 bridgehead atoms. The van der Waals surface area contributed by atoms with Crippen LogP contribution in [0.25, 0.3) is 0 Å². The molecule has 3 amide bonds. The molecule has 4 N–H and O–H groups in total. The number of ether oxygens (including phenoxy) is 3. The standard InChI is InChI=1S/C19H25N3O8/c1-11(14(17(25)28-2)18(26)29-3)15(16(20)24)22-13(23)9-21-19(27)30-10-12-7-5-4-6-8-12/h4-8,11,14-15H,9-10H2,1-3H3,(H2,20,24)(H,21,27)(H,22,23)/t11-,15-/m1/s1. The highest BCUT2D eigenvalue weighted by molar-refractivity contribution is 5.97. The van der Waals surface area contributed by atoms with Gasteiger partial charge in [0, 0.05) is 5.92 Å². The fourth-order valence-corrected chi connectivity index (χ4v) is 2.58. The summed E-state index contributed by atoms with van der Waals surface area (Å²) in [4.78, 5) is 59.4. The van der Waals surface area contributed by atoms with Crippen LogP contribution in [0.2, 0.25) is 0 Å². The van der Waals surface area contributed by atoms with Crippen LogP contribution in [-0.2, 0) is 40.0 Å². The lowest BCUT2D eigenvalue weighted by molar-refractivity contribution is -0.162. The second kappa shape index (κ2) is 12.0. The number of hydrogen-bond acceptors (Lipinski definition) is 8. The molecule has 0 heterocycles. The number of rotatable bonds is 10. The molecule has 1 aromatic carbocycles. The lowest BCUT2D eigenvalue weighted by atomic mass is 9.87. The first-order chi connectivity index (χ1) is 14.2. The lowest BCUT2D eigenvalue weighted by Gasteiger charge is -2.26. The minimum Gasteiger partial charge on any atom is -0.468 e.